The summed E-state index contributed by atoms with van der Waals surface area (Å²) >= 11 is 0. The lowest BCUT2D eigenvalue weighted by Gasteiger charge is -2.31. The molecule has 29 heavy (non-hydrogen) atoms. The molecule has 146 valence electrons. The Balaban J connectivity index is 1.62. The van der Waals surface area contributed by atoms with E-state index < -0.39 is 6.04 Å². The number of carbonyl (C=O) groups excluding carboxylic acids is 1. The third kappa shape index (κ3) is 3.65. The average molecular weight is 385 g/mol. The molecule has 2 heterocycles. The number of benzene rings is 2. The summed E-state index contributed by atoms with van der Waals surface area (Å²) in [6, 6.07) is 15.9. The fraction of sp³-hybridized carbons (Fsp3) is 0.261. The molecule has 1 atom stereocenters. The normalized spacial score (nSPS) is 15.4. The number of nitrogens with zero attached hydrogens (tertiary/aromatic N) is 4. The number of carbonyl (C=O) groups is 1. The average Bonchev–Trinajstić information content (AvgIpc) is 3.16. The molecule has 1 aliphatic heterocycles. The Hall–Kier alpha value is -3.43. The van der Waals surface area contributed by atoms with E-state index in [-0.39, 0.29) is 5.91 Å². The highest BCUT2D eigenvalue weighted by atomic mass is 16.2. The topological polar surface area (TPSA) is 87.9 Å². The zero-order valence-electron chi connectivity index (χ0n) is 16.4. The lowest BCUT2D eigenvalue weighted by molar-refractivity contribution is -0.132. The Bertz CT molecular complexity index is 1130. The van der Waals surface area contributed by atoms with Crippen LogP contribution in [0.2, 0.25) is 0 Å². The quantitative estimate of drug-likeness (QED) is 0.748. The number of nitriles is 1. The van der Waals surface area contributed by atoms with Crippen molar-refractivity contribution in [2.24, 2.45) is 12.8 Å². The molecule has 2 N–H and O–H groups in total. The number of rotatable bonds is 4. The largest absolute Gasteiger partial charge is 0.338 e. The van der Waals surface area contributed by atoms with E-state index in [2.05, 4.69) is 29.3 Å². The summed E-state index contributed by atoms with van der Waals surface area (Å²) in [7, 11) is 1.89. The molecule has 0 spiro atoms. The zero-order chi connectivity index (χ0) is 20.4. The van der Waals surface area contributed by atoms with Gasteiger partial charge >= 0.3 is 0 Å². The predicted octanol–water partition coefficient (Wildman–Crippen LogP) is 2.65. The minimum atomic E-state index is -0.636. The van der Waals surface area contributed by atoms with E-state index in [1.165, 1.54) is 0 Å². The molecule has 2 aromatic carbocycles. The molecule has 1 amide bonds. The van der Waals surface area contributed by atoms with Gasteiger partial charge in [-0.2, -0.15) is 5.26 Å². The van der Waals surface area contributed by atoms with Gasteiger partial charge in [0.25, 0.3) is 0 Å². The second-order valence-electron chi connectivity index (χ2n) is 7.41. The maximum Gasteiger partial charge on any atom is 0.240 e. The van der Waals surface area contributed by atoms with Crippen LogP contribution in [0.3, 0.4) is 0 Å². The van der Waals surface area contributed by atoms with Gasteiger partial charge in [-0.05, 0) is 21.9 Å². The summed E-state index contributed by atoms with van der Waals surface area (Å²) in [5.74, 6) is -0.0964. The summed E-state index contributed by atoms with van der Waals surface area (Å²) in [6.45, 7) is 0.907. The van der Waals surface area contributed by atoms with Crippen molar-refractivity contribution in [3.05, 3.63) is 71.8 Å². The van der Waals surface area contributed by atoms with Gasteiger partial charge in [-0.1, -0.05) is 42.5 Å². The van der Waals surface area contributed by atoms with Crippen molar-refractivity contribution in [3.63, 3.8) is 0 Å². The van der Waals surface area contributed by atoms with Gasteiger partial charge in [0, 0.05) is 50.4 Å². The molecule has 3 aromatic rings. The van der Waals surface area contributed by atoms with Crippen LogP contribution in [0.25, 0.3) is 16.3 Å². The van der Waals surface area contributed by atoms with Crippen LogP contribution in [0.15, 0.2) is 60.6 Å². The van der Waals surface area contributed by atoms with E-state index in [0.717, 1.165) is 33.2 Å². The summed E-state index contributed by atoms with van der Waals surface area (Å²) < 4.78 is 1.87. The van der Waals surface area contributed by atoms with Gasteiger partial charge in [0.1, 0.15) is 0 Å². The molecular weight excluding hydrogens is 362 g/mol. The maximum atomic E-state index is 13.0. The summed E-state index contributed by atoms with van der Waals surface area (Å²) in [5, 5.41) is 11.9. The minimum absolute atomic E-state index is 0.0964. The minimum Gasteiger partial charge on any atom is -0.338 e. The Kier molecular flexibility index (Phi) is 5.15. The second kappa shape index (κ2) is 7.90. The molecule has 6 heteroatoms. The molecule has 0 fully saturated rings. The van der Waals surface area contributed by atoms with Crippen molar-refractivity contribution < 1.29 is 4.79 Å². The lowest BCUT2D eigenvalue weighted by Crippen LogP contribution is -2.47. The molecule has 4 rings (SSSR count). The Morgan fingerprint density at radius 3 is 2.83 bits per heavy atom. The number of hydrogen-bond acceptors (Lipinski definition) is 4. The van der Waals surface area contributed by atoms with Crippen LogP contribution in [-0.2, 0) is 18.3 Å². The number of amides is 1. The Labute approximate surface area is 169 Å². The Morgan fingerprint density at radius 2 is 2.07 bits per heavy atom. The molecule has 0 bridgehead atoms. The number of hydrogen-bond donors (Lipinski definition) is 1. The molecule has 0 radical (unpaired) electrons. The fourth-order valence-electron chi connectivity index (χ4n) is 3.94. The summed E-state index contributed by atoms with van der Waals surface area (Å²) in [6.07, 6.45) is 4.41. The molecule has 0 aliphatic carbocycles. The first-order chi connectivity index (χ1) is 14.1. The first-order valence-electron chi connectivity index (χ1n) is 9.68. The van der Waals surface area contributed by atoms with E-state index in [1.807, 2.05) is 35.9 Å². The van der Waals surface area contributed by atoms with Crippen molar-refractivity contribution in [2.45, 2.75) is 18.9 Å². The van der Waals surface area contributed by atoms with Gasteiger partial charge in [-0.3, -0.25) is 4.79 Å². The van der Waals surface area contributed by atoms with Gasteiger partial charge in [0.05, 0.1) is 18.4 Å². The van der Waals surface area contributed by atoms with E-state index in [0.29, 0.717) is 25.9 Å². The smallest absolute Gasteiger partial charge is 0.240 e. The molecule has 1 aliphatic rings. The number of nitrogens with two attached hydrogens (primary N) is 1. The SMILES string of the molecule is Cn1cncc1C[C@@H](N)C(=O)N1CCC(C#N)=C(c2cccc3ccccc23)C1. The lowest BCUT2D eigenvalue weighted by atomic mass is 9.90. The van der Waals surface area contributed by atoms with Gasteiger partial charge < -0.3 is 15.2 Å². The van der Waals surface area contributed by atoms with Gasteiger partial charge in [-0.25, -0.2) is 4.98 Å². The van der Waals surface area contributed by atoms with Gasteiger partial charge in [0.15, 0.2) is 0 Å². The third-order valence-electron chi connectivity index (χ3n) is 5.57. The zero-order valence-corrected chi connectivity index (χ0v) is 16.4. The number of imidazole rings is 1. The van der Waals surface area contributed by atoms with E-state index in [9.17, 15) is 10.1 Å². The highest BCUT2D eigenvalue weighted by molar-refractivity contribution is 5.96. The third-order valence-corrected chi connectivity index (χ3v) is 5.57. The molecule has 1 aromatic heterocycles. The van der Waals surface area contributed by atoms with Crippen molar-refractivity contribution in [2.75, 3.05) is 13.1 Å². The first-order valence-corrected chi connectivity index (χ1v) is 9.68. The van der Waals surface area contributed by atoms with Crippen molar-refractivity contribution >= 4 is 22.3 Å². The van der Waals surface area contributed by atoms with Crippen LogP contribution < -0.4 is 5.73 Å². The molecule has 0 saturated carbocycles. The second-order valence-corrected chi connectivity index (χ2v) is 7.41. The number of aromatic nitrogens is 2. The highest BCUT2D eigenvalue weighted by Crippen LogP contribution is 2.31. The molecule has 0 unspecified atom stereocenters. The summed E-state index contributed by atoms with van der Waals surface area (Å²) in [4.78, 5) is 18.9. The van der Waals surface area contributed by atoms with Crippen LogP contribution in [0.4, 0.5) is 0 Å². The van der Waals surface area contributed by atoms with E-state index in [1.54, 1.807) is 17.4 Å². The van der Waals surface area contributed by atoms with Crippen LogP contribution in [0.1, 0.15) is 17.7 Å². The van der Waals surface area contributed by atoms with Crippen LogP contribution >= 0.6 is 0 Å². The maximum absolute atomic E-state index is 13.0. The van der Waals surface area contributed by atoms with Crippen molar-refractivity contribution in [1.29, 1.82) is 5.26 Å². The number of fused-ring (bicyclic) bond motifs is 1. The standard InChI is InChI=1S/C23H23N5O/c1-27-15-26-13-18(27)11-22(25)23(29)28-10-9-17(12-24)21(14-28)20-8-4-6-16-5-2-3-7-19(16)20/h2-8,13,15,22H,9-11,14,25H2,1H3/t22-/m1/s1. The molecule has 6 nitrogen and oxygen atoms in total. The molecule has 0 saturated heterocycles. The summed E-state index contributed by atoms with van der Waals surface area (Å²) in [5.41, 5.74) is 9.82. The van der Waals surface area contributed by atoms with Crippen LogP contribution in [0.5, 0.6) is 0 Å². The fourth-order valence-corrected chi connectivity index (χ4v) is 3.94. The Morgan fingerprint density at radius 1 is 1.28 bits per heavy atom. The predicted molar refractivity (Wildman–Crippen MR) is 113 cm³/mol. The number of aryl methyl sites for hydroxylation is 1. The van der Waals surface area contributed by atoms with Crippen LogP contribution in [0, 0.1) is 11.3 Å². The monoisotopic (exact) mass is 385 g/mol. The van der Waals surface area contributed by atoms with E-state index in [4.69, 9.17) is 5.73 Å². The van der Waals surface area contributed by atoms with E-state index >= 15 is 0 Å². The van der Waals surface area contributed by atoms with Gasteiger partial charge in [-0.15, -0.1) is 0 Å². The highest BCUT2D eigenvalue weighted by Gasteiger charge is 2.28. The van der Waals surface area contributed by atoms with Gasteiger partial charge in [0.2, 0.25) is 5.91 Å². The van der Waals surface area contributed by atoms with Crippen molar-refractivity contribution in [1.82, 2.24) is 14.5 Å². The molecular formula is C23H23N5O. The van der Waals surface area contributed by atoms with Crippen molar-refractivity contribution in [3.8, 4) is 6.07 Å². The van der Waals surface area contributed by atoms with Crippen LogP contribution in [-0.4, -0.2) is 39.5 Å². The first kappa shape index (κ1) is 18.9.